The Hall–Kier alpha value is -4.40. The number of Topliss-reactive ketones (excluding diaryl/α,β-unsaturated/α-hetero) is 1. The minimum absolute atomic E-state index is 0.0185. The molecule has 3 N–H and O–H groups in total. The van der Waals surface area contributed by atoms with Crippen LogP contribution in [0.2, 0.25) is 0 Å². The summed E-state index contributed by atoms with van der Waals surface area (Å²) >= 11 is 7.85. The summed E-state index contributed by atoms with van der Waals surface area (Å²) in [6.07, 6.45) is 6.99. The third-order valence-corrected chi connectivity index (χ3v) is 9.29. The number of alkyl halides is 1. The molecule has 4 aromatic heterocycles. The Morgan fingerprint density at radius 3 is 2.93 bits per heavy atom. The van der Waals surface area contributed by atoms with Crippen molar-refractivity contribution < 1.29 is 14.7 Å². The summed E-state index contributed by atoms with van der Waals surface area (Å²) in [4.78, 5) is 39.0. The molecule has 41 heavy (non-hydrogen) atoms. The van der Waals surface area contributed by atoms with Crippen LogP contribution in [-0.4, -0.2) is 44.2 Å². The van der Waals surface area contributed by atoms with Crippen LogP contribution < -0.4 is 4.90 Å². The number of hydrogen-bond donors (Lipinski definition) is 3. The van der Waals surface area contributed by atoms with E-state index in [1.165, 1.54) is 17.4 Å². The molecule has 5 heterocycles. The van der Waals surface area contributed by atoms with E-state index < -0.39 is 0 Å². The molecule has 0 aliphatic carbocycles. The van der Waals surface area contributed by atoms with Crippen molar-refractivity contribution in [2.45, 2.75) is 19.3 Å². The Balaban J connectivity index is 1.15. The molecule has 1 atom stereocenters. The molecule has 0 saturated heterocycles. The zero-order chi connectivity index (χ0) is 28.2. The quantitative estimate of drug-likeness (QED) is 0.111. The zero-order valence-electron chi connectivity index (χ0n) is 22.1. The number of H-pyrrole nitrogens is 2. The number of pyridine rings is 1. The summed E-state index contributed by atoms with van der Waals surface area (Å²) < 4.78 is 0.825. The molecule has 0 unspecified atom stereocenters. The number of carbonyl (C=O) groups excluding carboxylic acids is 2. The standard InChI is InChI=1S/C32H25ClN4O3S/c1-17-16-41-31-27(39)11-25-30(29(17)31)21(12-33)15-37(25)28(40)7-6-20-14-35-32-22(20)8-18(13-34-32)9-26(38)24-10-19-4-2-3-5-23(19)36-24/h2-8,10-11,13-14,16,21,36,39H,9,12,15H2,1H3,(H,34,35)/b7-6+/t21-/m1/s1. The van der Waals surface area contributed by atoms with Crippen molar-refractivity contribution in [3.05, 3.63) is 94.3 Å². The van der Waals surface area contributed by atoms with Gasteiger partial charge < -0.3 is 20.0 Å². The first-order valence-corrected chi connectivity index (χ1v) is 14.7. The lowest BCUT2D eigenvalue weighted by Gasteiger charge is -2.16. The van der Waals surface area contributed by atoms with Crippen LogP contribution >= 0.6 is 22.9 Å². The Morgan fingerprint density at radius 1 is 1.24 bits per heavy atom. The van der Waals surface area contributed by atoms with Crippen molar-refractivity contribution in [2.24, 2.45) is 0 Å². The Kier molecular flexibility index (Phi) is 6.17. The Morgan fingerprint density at radius 2 is 2.10 bits per heavy atom. The molecule has 1 amide bonds. The monoisotopic (exact) mass is 580 g/mol. The number of thiophene rings is 1. The highest BCUT2D eigenvalue weighted by atomic mass is 35.5. The molecule has 204 valence electrons. The maximum Gasteiger partial charge on any atom is 0.251 e. The first-order chi connectivity index (χ1) is 19.9. The number of hydrogen-bond acceptors (Lipinski definition) is 5. The van der Waals surface area contributed by atoms with Crippen LogP contribution in [0.1, 0.15) is 38.7 Å². The fourth-order valence-corrected chi connectivity index (χ4v) is 7.04. The van der Waals surface area contributed by atoms with Gasteiger partial charge in [-0.3, -0.25) is 9.59 Å². The molecule has 6 aromatic rings. The van der Waals surface area contributed by atoms with Gasteiger partial charge in [0.15, 0.2) is 5.78 Å². The third kappa shape index (κ3) is 4.31. The van der Waals surface area contributed by atoms with Crippen LogP contribution in [0, 0.1) is 6.92 Å². The van der Waals surface area contributed by atoms with Gasteiger partial charge in [-0.05, 0) is 53.3 Å². The van der Waals surface area contributed by atoms with Crippen LogP contribution in [-0.2, 0) is 11.2 Å². The number of nitrogens with zero attached hydrogens (tertiary/aromatic N) is 2. The number of aromatic hydroxyl groups is 1. The zero-order valence-corrected chi connectivity index (χ0v) is 23.6. The molecule has 0 fully saturated rings. The van der Waals surface area contributed by atoms with Gasteiger partial charge in [0.1, 0.15) is 11.4 Å². The number of aromatic amines is 2. The Labute approximate surface area is 244 Å². The number of rotatable bonds is 6. The fourth-order valence-electron chi connectivity index (χ4n) is 5.81. The summed E-state index contributed by atoms with van der Waals surface area (Å²) in [5.74, 6) is 0.313. The second kappa shape index (κ2) is 9.90. The van der Waals surface area contributed by atoms with Crippen LogP contribution in [0.15, 0.2) is 66.3 Å². The highest BCUT2D eigenvalue weighted by Gasteiger charge is 2.34. The smallest absolute Gasteiger partial charge is 0.251 e. The highest BCUT2D eigenvalue weighted by Crippen LogP contribution is 2.48. The van der Waals surface area contributed by atoms with E-state index in [0.717, 1.165) is 48.6 Å². The molecule has 7 nitrogen and oxygen atoms in total. The topological polar surface area (TPSA) is 102 Å². The van der Waals surface area contributed by atoms with Crippen LogP contribution in [0.4, 0.5) is 5.69 Å². The molecule has 0 bridgehead atoms. The summed E-state index contributed by atoms with van der Waals surface area (Å²) in [5.41, 5.74) is 6.54. The second-order valence-corrected chi connectivity index (χ2v) is 11.6. The number of fused-ring (bicyclic) bond motifs is 5. The van der Waals surface area contributed by atoms with Crippen molar-refractivity contribution in [1.82, 2.24) is 15.0 Å². The van der Waals surface area contributed by atoms with Gasteiger partial charge in [0.05, 0.1) is 16.1 Å². The summed E-state index contributed by atoms with van der Waals surface area (Å²) in [7, 11) is 0. The van der Waals surface area contributed by atoms with Crippen molar-refractivity contribution in [1.29, 1.82) is 0 Å². The second-order valence-electron chi connectivity index (χ2n) is 10.4. The van der Waals surface area contributed by atoms with Crippen molar-refractivity contribution in [3.8, 4) is 5.75 Å². The van der Waals surface area contributed by atoms with Gasteiger partial charge >= 0.3 is 0 Å². The van der Waals surface area contributed by atoms with Crippen LogP contribution in [0.3, 0.4) is 0 Å². The van der Waals surface area contributed by atoms with Gasteiger partial charge in [-0.15, -0.1) is 22.9 Å². The SMILES string of the molecule is Cc1csc2c(O)cc3c(c12)[C@H](CCl)CN3C(=O)/C=C/c1c[nH]c2ncc(CC(=O)c3cc4ccccc4[nH]3)cc12. The van der Waals surface area contributed by atoms with Gasteiger partial charge in [0.25, 0.3) is 5.91 Å². The van der Waals surface area contributed by atoms with Gasteiger partial charge in [0.2, 0.25) is 0 Å². The van der Waals surface area contributed by atoms with Gasteiger partial charge in [-0.25, -0.2) is 4.98 Å². The van der Waals surface area contributed by atoms with Gasteiger partial charge in [-0.2, -0.15) is 0 Å². The van der Waals surface area contributed by atoms with E-state index in [1.54, 1.807) is 29.4 Å². The third-order valence-electron chi connectivity index (χ3n) is 7.80. The molecule has 7 rings (SSSR count). The number of phenols is 1. The van der Waals surface area contributed by atoms with Crippen molar-refractivity contribution >= 4 is 78.4 Å². The highest BCUT2D eigenvalue weighted by molar-refractivity contribution is 7.17. The number of benzene rings is 2. The van der Waals surface area contributed by atoms with E-state index >= 15 is 0 Å². The lowest BCUT2D eigenvalue weighted by molar-refractivity contribution is -0.114. The Bertz CT molecular complexity index is 2000. The first kappa shape index (κ1) is 25.6. The number of aryl methyl sites for hydroxylation is 1. The molecule has 1 aliphatic heterocycles. The van der Waals surface area contributed by atoms with E-state index in [2.05, 4.69) is 15.0 Å². The van der Waals surface area contributed by atoms with Crippen molar-refractivity contribution in [2.75, 3.05) is 17.3 Å². The number of halogens is 1. The summed E-state index contributed by atoms with van der Waals surface area (Å²) in [5, 5.41) is 15.5. The molecule has 0 radical (unpaired) electrons. The van der Waals surface area contributed by atoms with E-state index in [1.807, 2.05) is 48.7 Å². The maximum absolute atomic E-state index is 13.5. The summed E-state index contributed by atoms with van der Waals surface area (Å²) in [6, 6.07) is 13.3. The average molecular weight is 581 g/mol. The lowest BCUT2D eigenvalue weighted by atomic mass is 9.97. The fraction of sp³-hybridized carbons (Fsp3) is 0.156. The van der Waals surface area contributed by atoms with E-state index in [9.17, 15) is 14.7 Å². The molecular weight excluding hydrogens is 556 g/mol. The molecule has 9 heteroatoms. The number of para-hydroxylation sites is 1. The average Bonchev–Trinajstić information content (AvgIpc) is 3.75. The summed E-state index contributed by atoms with van der Waals surface area (Å²) in [6.45, 7) is 2.46. The van der Waals surface area contributed by atoms with E-state index in [4.69, 9.17) is 11.6 Å². The molecule has 0 saturated carbocycles. The number of amides is 1. The molecule has 2 aromatic carbocycles. The normalized spacial score (nSPS) is 15.1. The van der Waals surface area contributed by atoms with Crippen LogP contribution in [0.5, 0.6) is 5.75 Å². The molecular formula is C32H25ClN4O3S. The van der Waals surface area contributed by atoms with Gasteiger partial charge in [0, 0.05) is 76.5 Å². The first-order valence-electron chi connectivity index (χ1n) is 13.3. The minimum atomic E-state index is -0.196. The largest absolute Gasteiger partial charge is 0.506 e. The van der Waals surface area contributed by atoms with Crippen LogP contribution in [0.25, 0.3) is 38.1 Å². The predicted molar refractivity (Wildman–Crippen MR) is 166 cm³/mol. The predicted octanol–water partition coefficient (Wildman–Crippen LogP) is 7.08. The minimum Gasteiger partial charge on any atom is -0.506 e. The van der Waals surface area contributed by atoms with E-state index in [0.29, 0.717) is 29.5 Å². The van der Waals surface area contributed by atoms with E-state index in [-0.39, 0.29) is 29.8 Å². The lowest BCUT2D eigenvalue weighted by Crippen LogP contribution is -2.28. The maximum atomic E-state index is 13.5. The molecule has 0 spiro atoms. The van der Waals surface area contributed by atoms with Gasteiger partial charge in [-0.1, -0.05) is 18.2 Å². The number of ketones is 1. The number of aromatic nitrogens is 3. The number of phenolic OH excluding ortho intramolecular Hbond substituents is 1. The van der Waals surface area contributed by atoms with Crippen molar-refractivity contribution in [3.63, 3.8) is 0 Å². The molecule has 1 aliphatic rings. The number of carbonyl (C=O) groups is 2. The number of anilines is 1. The number of nitrogens with one attached hydrogen (secondary N) is 2.